The Kier molecular flexibility index (Phi) is 4.94. The molecule has 1 saturated heterocycles. The molecule has 0 saturated carbocycles. The summed E-state index contributed by atoms with van der Waals surface area (Å²) in [6.45, 7) is 1.49. The van der Waals surface area contributed by atoms with E-state index in [1.54, 1.807) is 24.3 Å². The van der Waals surface area contributed by atoms with Crippen LogP contribution in [-0.4, -0.2) is 19.0 Å². The first-order valence-electron chi connectivity index (χ1n) is 7.88. The van der Waals surface area contributed by atoms with Crippen LogP contribution in [0.15, 0.2) is 48.5 Å². The minimum absolute atomic E-state index is 0.0560. The van der Waals surface area contributed by atoms with Crippen LogP contribution in [0.5, 0.6) is 11.5 Å². The molecule has 4 nitrogen and oxygen atoms in total. The molecule has 3 rings (SSSR count). The van der Waals surface area contributed by atoms with Crippen molar-refractivity contribution < 1.29 is 22.7 Å². The van der Waals surface area contributed by atoms with Crippen molar-refractivity contribution in [2.45, 2.75) is 12.6 Å². The summed E-state index contributed by atoms with van der Waals surface area (Å²) in [6.07, 6.45) is -3.58. The molecule has 1 amide bonds. The average Bonchev–Trinajstić information content (AvgIpc) is 3.09. The summed E-state index contributed by atoms with van der Waals surface area (Å²) in [5.41, 5.74) is -0.146. The van der Waals surface area contributed by atoms with E-state index in [9.17, 15) is 18.0 Å². The van der Waals surface area contributed by atoms with Gasteiger partial charge in [-0.25, -0.2) is 0 Å². The number of nitrogens with one attached hydrogen (secondary N) is 2. The zero-order chi connectivity index (χ0) is 17.9. The number of halogens is 3. The number of anilines is 1. The van der Waals surface area contributed by atoms with Crippen LogP contribution in [0.3, 0.4) is 0 Å². The molecule has 1 unspecified atom stereocenters. The Bertz CT molecular complexity index is 739. The minimum Gasteiger partial charge on any atom is -0.457 e. The predicted octanol–water partition coefficient (Wildman–Crippen LogP) is 4.05. The van der Waals surface area contributed by atoms with E-state index in [0.717, 1.165) is 25.1 Å². The lowest BCUT2D eigenvalue weighted by Crippen LogP contribution is -2.24. The van der Waals surface area contributed by atoms with E-state index < -0.39 is 11.7 Å². The van der Waals surface area contributed by atoms with Gasteiger partial charge in [-0.15, -0.1) is 0 Å². The van der Waals surface area contributed by atoms with Crippen molar-refractivity contribution in [1.82, 2.24) is 5.32 Å². The third-order valence-electron chi connectivity index (χ3n) is 3.95. The van der Waals surface area contributed by atoms with E-state index in [-0.39, 0.29) is 17.6 Å². The van der Waals surface area contributed by atoms with Gasteiger partial charge < -0.3 is 15.4 Å². The first-order valence-corrected chi connectivity index (χ1v) is 7.88. The normalized spacial score (nSPS) is 17.3. The maximum atomic E-state index is 12.6. The SMILES string of the molecule is O=C(Nc1cccc(Oc2ccc(C(F)(F)F)cc2)c1)C1CCNC1. The summed E-state index contributed by atoms with van der Waals surface area (Å²) in [5, 5.41) is 5.96. The monoisotopic (exact) mass is 350 g/mol. The molecular formula is C18H17F3N2O2. The molecule has 0 spiro atoms. The zero-order valence-corrected chi connectivity index (χ0v) is 13.3. The highest BCUT2D eigenvalue weighted by atomic mass is 19.4. The molecule has 7 heteroatoms. The van der Waals surface area contributed by atoms with Gasteiger partial charge in [-0.1, -0.05) is 6.07 Å². The van der Waals surface area contributed by atoms with Crippen LogP contribution < -0.4 is 15.4 Å². The summed E-state index contributed by atoms with van der Waals surface area (Å²) >= 11 is 0. The summed E-state index contributed by atoms with van der Waals surface area (Å²) in [4.78, 5) is 12.1. The molecule has 0 bridgehead atoms. The summed E-state index contributed by atoms with van der Waals surface area (Å²) in [5.74, 6) is 0.606. The quantitative estimate of drug-likeness (QED) is 0.875. The second-order valence-electron chi connectivity index (χ2n) is 5.83. The molecule has 0 aromatic heterocycles. The Morgan fingerprint density at radius 3 is 2.52 bits per heavy atom. The lowest BCUT2D eigenvalue weighted by atomic mass is 10.1. The second kappa shape index (κ2) is 7.14. The number of amides is 1. The van der Waals surface area contributed by atoms with Crippen LogP contribution in [0.2, 0.25) is 0 Å². The van der Waals surface area contributed by atoms with Crippen molar-refractivity contribution in [3.8, 4) is 11.5 Å². The van der Waals surface area contributed by atoms with Gasteiger partial charge in [-0.05, 0) is 49.4 Å². The largest absolute Gasteiger partial charge is 0.457 e. The molecule has 0 radical (unpaired) electrons. The third kappa shape index (κ3) is 4.51. The lowest BCUT2D eigenvalue weighted by Gasteiger charge is -2.12. The van der Waals surface area contributed by atoms with Crippen LogP contribution in [-0.2, 0) is 11.0 Å². The van der Waals surface area contributed by atoms with Gasteiger partial charge in [0.15, 0.2) is 0 Å². The minimum atomic E-state index is -4.38. The van der Waals surface area contributed by atoms with Crippen LogP contribution in [0.4, 0.5) is 18.9 Å². The zero-order valence-electron chi connectivity index (χ0n) is 13.3. The van der Waals surface area contributed by atoms with Gasteiger partial charge in [-0.3, -0.25) is 4.79 Å². The Labute approximate surface area is 143 Å². The highest BCUT2D eigenvalue weighted by Crippen LogP contribution is 2.31. The number of alkyl halides is 3. The number of ether oxygens (including phenoxy) is 1. The van der Waals surface area contributed by atoms with Crippen molar-refractivity contribution in [2.75, 3.05) is 18.4 Å². The summed E-state index contributed by atoms with van der Waals surface area (Å²) in [7, 11) is 0. The number of hydrogen-bond acceptors (Lipinski definition) is 3. The van der Waals surface area contributed by atoms with Crippen LogP contribution in [0.25, 0.3) is 0 Å². The molecule has 1 fully saturated rings. The molecule has 2 N–H and O–H groups in total. The van der Waals surface area contributed by atoms with E-state index in [1.807, 2.05) is 0 Å². The Morgan fingerprint density at radius 1 is 1.12 bits per heavy atom. The lowest BCUT2D eigenvalue weighted by molar-refractivity contribution is -0.137. The number of benzene rings is 2. The van der Waals surface area contributed by atoms with E-state index >= 15 is 0 Å². The molecule has 0 aliphatic carbocycles. The molecule has 2 aromatic carbocycles. The number of carbonyl (C=O) groups excluding carboxylic acids is 1. The second-order valence-corrected chi connectivity index (χ2v) is 5.83. The van der Waals surface area contributed by atoms with Crippen molar-refractivity contribution in [2.24, 2.45) is 5.92 Å². The highest BCUT2D eigenvalue weighted by molar-refractivity contribution is 5.93. The van der Waals surface area contributed by atoms with Crippen molar-refractivity contribution in [3.63, 3.8) is 0 Å². The predicted molar refractivity (Wildman–Crippen MR) is 87.6 cm³/mol. The van der Waals surface area contributed by atoms with E-state index in [2.05, 4.69) is 10.6 Å². The van der Waals surface area contributed by atoms with Crippen molar-refractivity contribution >= 4 is 11.6 Å². The first-order chi connectivity index (χ1) is 11.9. The van der Waals surface area contributed by atoms with Gasteiger partial charge in [0.1, 0.15) is 11.5 Å². The fourth-order valence-corrected chi connectivity index (χ4v) is 2.61. The molecule has 2 aromatic rings. The topological polar surface area (TPSA) is 50.4 Å². The molecule has 1 heterocycles. The molecule has 1 aliphatic rings. The maximum Gasteiger partial charge on any atom is 0.416 e. The fraction of sp³-hybridized carbons (Fsp3) is 0.278. The van der Waals surface area contributed by atoms with Gasteiger partial charge in [0, 0.05) is 18.3 Å². The summed E-state index contributed by atoms with van der Waals surface area (Å²) < 4.78 is 43.3. The molecule has 25 heavy (non-hydrogen) atoms. The summed E-state index contributed by atoms with van der Waals surface area (Å²) in [6, 6.07) is 11.2. The Morgan fingerprint density at radius 2 is 1.88 bits per heavy atom. The van der Waals surface area contributed by atoms with Crippen molar-refractivity contribution in [3.05, 3.63) is 54.1 Å². The van der Waals surface area contributed by atoms with Gasteiger partial charge in [0.2, 0.25) is 5.91 Å². The molecule has 1 aliphatic heterocycles. The maximum absolute atomic E-state index is 12.6. The fourth-order valence-electron chi connectivity index (χ4n) is 2.61. The molecule has 132 valence electrons. The number of hydrogen-bond donors (Lipinski definition) is 2. The van der Waals surface area contributed by atoms with Crippen LogP contribution in [0.1, 0.15) is 12.0 Å². The number of rotatable bonds is 4. The van der Waals surface area contributed by atoms with E-state index in [0.29, 0.717) is 18.0 Å². The van der Waals surface area contributed by atoms with E-state index in [1.165, 1.54) is 12.1 Å². The van der Waals surface area contributed by atoms with Gasteiger partial charge >= 0.3 is 6.18 Å². The third-order valence-corrected chi connectivity index (χ3v) is 3.95. The smallest absolute Gasteiger partial charge is 0.416 e. The van der Waals surface area contributed by atoms with Gasteiger partial charge in [0.25, 0.3) is 0 Å². The van der Waals surface area contributed by atoms with Gasteiger partial charge in [0.05, 0.1) is 11.5 Å². The Balaban J connectivity index is 1.66. The van der Waals surface area contributed by atoms with Crippen LogP contribution >= 0.6 is 0 Å². The standard InChI is InChI=1S/C18H17F3N2O2/c19-18(20,21)13-4-6-15(7-5-13)25-16-3-1-2-14(10-16)23-17(24)12-8-9-22-11-12/h1-7,10,12,22H,8-9,11H2,(H,23,24). The highest BCUT2D eigenvalue weighted by Gasteiger charge is 2.30. The Hall–Kier alpha value is -2.54. The first kappa shape index (κ1) is 17.3. The van der Waals surface area contributed by atoms with Crippen molar-refractivity contribution in [1.29, 1.82) is 0 Å². The van der Waals surface area contributed by atoms with E-state index in [4.69, 9.17) is 4.74 Å². The molecular weight excluding hydrogens is 333 g/mol. The van der Waals surface area contributed by atoms with Crippen LogP contribution in [0, 0.1) is 5.92 Å². The van der Waals surface area contributed by atoms with Gasteiger partial charge in [-0.2, -0.15) is 13.2 Å². The number of carbonyl (C=O) groups is 1. The average molecular weight is 350 g/mol. The molecule has 1 atom stereocenters.